The van der Waals surface area contributed by atoms with Gasteiger partial charge < -0.3 is 35.7 Å². The van der Waals surface area contributed by atoms with E-state index in [1.807, 2.05) is 24.3 Å². The number of hydrogen-bond donors (Lipinski definition) is 7. The average Bonchev–Trinajstić information content (AvgIpc) is 2.80. The Labute approximate surface area is 205 Å². The van der Waals surface area contributed by atoms with E-state index in [-0.39, 0.29) is 41.3 Å². The standard InChI is InChI=1S/C15H16O2.2C4H6O2.C3H8O3/c1-15(2,11-3-7-13(16)8-4-11)12-5-9-14(17)10-6-12;2*1-3(2)4(5)6;4-1-3(6)2-5/h3-10,16-17H,1-2H3;2*1H2,2H3,(H,5,6);3-6H,1-2H2. The van der Waals surface area contributed by atoms with Crippen LogP contribution in [0.4, 0.5) is 0 Å². The van der Waals surface area contributed by atoms with Gasteiger partial charge in [-0.2, -0.15) is 0 Å². The van der Waals surface area contributed by atoms with E-state index in [0.29, 0.717) is 0 Å². The van der Waals surface area contributed by atoms with Crippen molar-refractivity contribution in [1.29, 1.82) is 0 Å². The lowest BCUT2D eigenvalue weighted by Crippen LogP contribution is -2.18. The fourth-order valence-electron chi connectivity index (χ4n) is 1.98. The van der Waals surface area contributed by atoms with Crippen molar-refractivity contribution >= 4 is 11.9 Å². The van der Waals surface area contributed by atoms with Gasteiger partial charge in [-0.15, -0.1) is 0 Å². The number of aromatic hydroxyl groups is 2. The van der Waals surface area contributed by atoms with Crippen molar-refractivity contribution in [3.8, 4) is 11.5 Å². The number of carboxylic acid groups (broad SMARTS) is 2. The summed E-state index contributed by atoms with van der Waals surface area (Å²) < 4.78 is 0. The molecular formula is C26H36O9. The highest BCUT2D eigenvalue weighted by Gasteiger charge is 2.22. The van der Waals surface area contributed by atoms with E-state index < -0.39 is 18.0 Å². The van der Waals surface area contributed by atoms with Crippen molar-refractivity contribution in [3.05, 3.63) is 84.0 Å². The number of hydrogen-bond acceptors (Lipinski definition) is 7. The first-order valence-corrected chi connectivity index (χ1v) is 10.4. The summed E-state index contributed by atoms with van der Waals surface area (Å²) in [6.45, 7) is 12.7. The van der Waals surface area contributed by atoms with E-state index in [0.717, 1.165) is 11.1 Å². The summed E-state index contributed by atoms with van der Waals surface area (Å²) in [5, 5.41) is 58.4. The topological polar surface area (TPSA) is 176 Å². The molecule has 35 heavy (non-hydrogen) atoms. The molecule has 0 radical (unpaired) electrons. The number of carbonyl (C=O) groups is 2. The Morgan fingerprint density at radius 3 is 1.11 bits per heavy atom. The molecule has 0 unspecified atom stereocenters. The molecule has 2 aromatic carbocycles. The van der Waals surface area contributed by atoms with E-state index in [4.69, 9.17) is 25.5 Å². The van der Waals surface area contributed by atoms with Crippen LogP contribution in [0.1, 0.15) is 38.8 Å². The summed E-state index contributed by atoms with van der Waals surface area (Å²) in [4.78, 5) is 19.2. The number of benzene rings is 2. The highest BCUT2D eigenvalue weighted by atomic mass is 16.4. The van der Waals surface area contributed by atoms with Crippen LogP contribution in [-0.2, 0) is 15.0 Å². The monoisotopic (exact) mass is 492 g/mol. The number of aliphatic carboxylic acids is 2. The predicted molar refractivity (Wildman–Crippen MR) is 133 cm³/mol. The fraction of sp³-hybridized carbons (Fsp3) is 0.308. The van der Waals surface area contributed by atoms with Crippen molar-refractivity contribution < 1.29 is 45.3 Å². The number of carboxylic acids is 2. The lowest BCUT2D eigenvalue weighted by atomic mass is 9.78. The molecule has 2 aromatic rings. The normalized spacial score (nSPS) is 9.83. The molecule has 0 fully saturated rings. The van der Waals surface area contributed by atoms with E-state index in [2.05, 4.69) is 27.0 Å². The second-order valence-corrected chi connectivity index (χ2v) is 7.91. The van der Waals surface area contributed by atoms with Gasteiger partial charge in [0.15, 0.2) is 0 Å². The molecule has 0 amide bonds. The Bertz CT molecular complexity index is 831. The van der Waals surface area contributed by atoms with Gasteiger partial charge in [0.25, 0.3) is 0 Å². The van der Waals surface area contributed by atoms with Gasteiger partial charge in [0, 0.05) is 16.6 Å². The molecule has 194 valence electrons. The molecule has 0 aliphatic heterocycles. The van der Waals surface area contributed by atoms with Crippen LogP contribution in [0.5, 0.6) is 11.5 Å². The van der Waals surface area contributed by atoms with Crippen LogP contribution in [0.2, 0.25) is 0 Å². The molecule has 0 bridgehead atoms. The molecule has 7 N–H and O–H groups in total. The maximum atomic E-state index is 9.60. The third-order valence-electron chi connectivity index (χ3n) is 4.33. The summed E-state index contributed by atoms with van der Waals surface area (Å²) in [7, 11) is 0. The molecule has 0 spiro atoms. The smallest absolute Gasteiger partial charge is 0.330 e. The number of aliphatic hydroxyl groups excluding tert-OH is 3. The van der Waals surface area contributed by atoms with Crippen molar-refractivity contribution in [3.63, 3.8) is 0 Å². The zero-order valence-electron chi connectivity index (χ0n) is 20.5. The third-order valence-corrected chi connectivity index (χ3v) is 4.33. The highest BCUT2D eigenvalue weighted by Crippen LogP contribution is 2.32. The van der Waals surface area contributed by atoms with Crippen LogP contribution in [0, 0.1) is 0 Å². The van der Waals surface area contributed by atoms with Gasteiger partial charge in [0.1, 0.15) is 17.6 Å². The second-order valence-electron chi connectivity index (χ2n) is 7.91. The Morgan fingerprint density at radius 2 is 0.971 bits per heavy atom. The first-order valence-electron chi connectivity index (χ1n) is 10.4. The molecular weight excluding hydrogens is 456 g/mol. The van der Waals surface area contributed by atoms with Gasteiger partial charge in [0.05, 0.1) is 13.2 Å². The molecule has 0 aromatic heterocycles. The number of phenolic OH excluding ortho intramolecular Hbond substituents is 2. The highest BCUT2D eigenvalue weighted by molar-refractivity contribution is 5.85. The van der Waals surface area contributed by atoms with Crippen molar-refractivity contribution in [2.45, 2.75) is 39.2 Å². The molecule has 0 heterocycles. The maximum absolute atomic E-state index is 9.60. The quantitative estimate of drug-likeness (QED) is 0.299. The molecule has 2 rings (SSSR count). The molecule has 9 heteroatoms. The van der Waals surface area contributed by atoms with Gasteiger partial charge in [0.2, 0.25) is 0 Å². The first kappa shape index (κ1) is 33.5. The van der Waals surface area contributed by atoms with Crippen LogP contribution in [-0.4, -0.2) is 67.0 Å². The zero-order valence-corrected chi connectivity index (χ0v) is 20.5. The van der Waals surface area contributed by atoms with Gasteiger partial charge in [-0.05, 0) is 49.2 Å². The molecule has 0 saturated carbocycles. The Balaban J connectivity index is 0. The minimum Gasteiger partial charge on any atom is -0.508 e. The van der Waals surface area contributed by atoms with E-state index in [1.165, 1.54) is 13.8 Å². The Hall–Kier alpha value is -3.66. The molecule has 9 nitrogen and oxygen atoms in total. The maximum Gasteiger partial charge on any atom is 0.330 e. The van der Waals surface area contributed by atoms with Crippen LogP contribution in [0.15, 0.2) is 72.8 Å². The van der Waals surface area contributed by atoms with Gasteiger partial charge >= 0.3 is 11.9 Å². The largest absolute Gasteiger partial charge is 0.508 e. The van der Waals surface area contributed by atoms with Crippen LogP contribution >= 0.6 is 0 Å². The van der Waals surface area contributed by atoms with Gasteiger partial charge in [-0.3, -0.25) is 0 Å². The summed E-state index contributed by atoms with van der Waals surface area (Å²) in [6, 6.07) is 14.4. The predicted octanol–water partition coefficient (Wildman–Crippen LogP) is 3.05. The van der Waals surface area contributed by atoms with Crippen LogP contribution in [0.25, 0.3) is 0 Å². The van der Waals surface area contributed by atoms with Crippen LogP contribution in [0.3, 0.4) is 0 Å². The zero-order chi connectivity index (χ0) is 27.8. The first-order chi connectivity index (χ1) is 16.1. The fourth-order valence-corrected chi connectivity index (χ4v) is 1.98. The summed E-state index contributed by atoms with van der Waals surface area (Å²) in [5.41, 5.74) is 2.45. The number of aliphatic hydroxyl groups is 3. The molecule has 0 atom stereocenters. The lowest BCUT2D eigenvalue weighted by Gasteiger charge is -2.26. The lowest BCUT2D eigenvalue weighted by molar-refractivity contribution is -0.133. The van der Waals surface area contributed by atoms with E-state index in [1.54, 1.807) is 24.3 Å². The van der Waals surface area contributed by atoms with Gasteiger partial charge in [-0.1, -0.05) is 51.3 Å². The number of rotatable bonds is 6. The second kappa shape index (κ2) is 16.9. The summed E-state index contributed by atoms with van der Waals surface area (Å²) in [6.07, 6.45) is -0.954. The van der Waals surface area contributed by atoms with E-state index >= 15 is 0 Å². The number of phenols is 2. The minimum absolute atomic E-state index is 0.151. The third kappa shape index (κ3) is 15.0. The summed E-state index contributed by atoms with van der Waals surface area (Å²) in [5.74, 6) is -1.32. The molecule has 0 saturated heterocycles. The average molecular weight is 493 g/mol. The summed E-state index contributed by atoms with van der Waals surface area (Å²) >= 11 is 0. The van der Waals surface area contributed by atoms with Crippen molar-refractivity contribution in [2.24, 2.45) is 0 Å². The van der Waals surface area contributed by atoms with Crippen LogP contribution < -0.4 is 0 Å². The SMILES string of the molecule is C=C(C)C(=O)O.C=C(C)C(=O)O.CC(C)(c1ccc(O)cc1)c1ccc(O)cc1.OCC(O)CO. The molecule has 0 aliphatic carbocycles. The Morgan fingerprint density at radius 1 is 0.743 bits per heavy atom. The minimum atomic E-state index is -0.954. The molecule has 0 aliphatic rings. The van der Waals surface area contributed by atoms with Crippen molar-refractivity contribution in [2.75, 3.05) is 13.2 Å². The van der Waals surface area contributed by atoms with Gasteiger partial charge in [-0.25, -0.2) is 9.59 Å². The Kier molecular flexibility index (Phi) is 16.2. The van der Waals surface area contributed by atoms with Crippen molar-refractivity contribution in [1.82, 2.24) is 0 Å². The van der Waals surface area contributed by atoms with E-state index in [9.17, 15) is 19.8 Å².